The molecule has 0 fully saturated rings. The molecule has 0 saturated carbocycles. The van der Waals surface area contributed by atoms with Gasteiger partial charge in [-0.25, -0.2) is 8.78 Å². The second-order valence-corrected chi connectivity index (χ2v) is 5.90. The van der Waals surface area contributed by atoms with Gasteiger partial charge in [0.05, 0.1) is 0 Å². The smallest absolute Gasteiger partial charge is 0.265 e. The summed E-state index contributed by atoms with van der Waals surface area (Å²) in [6, 6.07) is 5.72. The predicted molar refractivity (Wildman–Crippen MR) is 73.8 cm³/mol. The van der Waals surface area contributed by atoms with Crippen molar-refractivity contribution in [1.82, 2.24) is 9.55 Å². The third-order valence-corrected chi connectivity index (χ3v) is 2.70. The van der Waals surface area contributed by atoms with Crippen LogP contribution in [0.25, 0.3) is 0 Å². The summed E-state index contributed by atoms with van der Waals surface area (Å²) in [5, 5.41) is 0. The minimum absolute atomic E-state index is 0.0231. The zero-order chi connectivity index (χ0) is 14.5. The summed E-state index contributed by atoms with van der Waals surface area (Å²) in [4.78, 5) is 3.78. The Morgan fingerprint density at radius 1 is 1.11 bits per heavy atom. The van der Waals surface area contributed by atoms with Crippen LogP contribution in [0.5, 0.6) is 0 Å². The normalized spacial score (nSPS) is 11.1. The van der Waals surface area contributed by atoms with Crippen LogP contribution in [0.1, 0.15) is 17.6 Å². The molecular formula is C12H11Cl3F2N2. The van der Waals surface area contributed by atoms with E-state index in [4.69, 9.17) is 34.8 Å². The van der Waals surface area contributed by atoms with Crippen molar-refractivity contribution < 1.29 is 8.78 Å². The fourth-order valence-electron chi connectivity index (χ4n) is 1.33. The zero-order valence-electron chi connectivity index (χ0n) is 9.90. The topological polar surface area (TPSA) is 17.8 Å². The fourth-order valence-corrected chi connectivity index (χ4v) is 1.80. The van der Waals surface area contributed by atoms with E-state index < -0.39 is 10.2 Å². The molecule has 0 saturated heterocycles. The summed E-state index contributed by atoms with van der Waals surface area (Å²) in [5.41, 5.74) is -0.225. The predicted octanol–water partition coefficient (Wildman–Crippen LogP) is 4.87. The van der Waals surface area contributed by atoms with Crippen LogP contribution >= 0.6 is 34.8 Å². The first kappa shape index (κ1) is 16.2. The Morgan fingerprint density at radius 3 is 1.95 bits per heavy atom. The van der Waals surface area contributed by atoms with Gasteiger partial charge in [0.25, 0.3) is 6.43 Å². The Bertz CT molecular complexity index is 469. The molecule has 0 aliphatic rings. The standard InChI is InChI=1S/C7H6Cl3F2N.C5H5N/c1-13-2-4(6(11)12)5(3-13)7(8,9)10;1-2-4-6-5-3-1/h2-3,6H,1H3;1-5H. The summed E-state index contributed by atoms with van der Waals surface area (Å²) in [5.74, 6) is 0. The van der Waals surface area contributed by atoms with Crippen LogP contribution < -0.4 is 0 Å². The van der Waals surface area contributed by atoms with E-state index in [1.165, 1.54) is 17.0 Å². The minimum atomic E-state index is -2.63. The SMILES string of the molecule is Cn1cc(C(F)F)c(C(Cl)(Cl)Cl)c1.c1ccncc1. The van der Waals surface area contributed by atoms with E-state index in [9.17, 15) is 8.78 Å². The minimum Gasteiger partial charge on any atom is -0.356 e. The number of aryl methyl sites for hydroxylation is 1. The van der Waals surface area contributed by atoms with E-state index in [2.05, 4.69) is 4.98 Å². The molecule has 0 unspecified atom stereocenters. The maximum Gasteiger partial charge on any atom is 0.265 e. The van der Waals surface area contributed by atoms with Crippen LogP contribution in [0.2, 0.25) is 0 Å². The monoisotopic (exact) mass is 326 g/mol. The van der Waals surface area contributed by atoms with Gasteiger partial charge in [0.2, 0.25) is 3.79 Å². The van der Waals surface area contributed by atoms with Crippen LogP contribution in [0.15, 0.2) is 43.0 Å². The summed E-state index contributed by atoms with van der Waals surface area (Å²) in [6.45, 7) is 0. The quantitative estimate of drug-likeness (QED) is 0.683. The van der Waals surface area contributed by atoms with E-state index in [0.29, 0.717) is 0 Å². The van der Waals surface area contributed by atoms with Gasteiger partial charge in [-0.1, -0.05) is 40.9 Å². The highest BCUT2D eigenvalue weighted by molar-refractivity contribution is 6.66. The second-order valence-electron chi connectivity index (χ2n) is 3.62. The van der Waals surface area contributed by atoms with Gasteiger partial charge >= 0.3 is 0 Å². The van der Waals surface area contributed by atoms with E-state index >= 15 is 0 Å². The largest absolute Gasteiger partial charge is 0.356 e. The summed E-state index contributed by atoms with van der Waals surface area (Å²) in [7, 11) is 1.59. The Labute approximate surface area is 124 Å². The fraction of sp³-hybridized carbons (Fsp3) is 0.250. The lowest BCUT2D eigenvalue weighted by molar-refractivity contribution is 0.150. The average Bonchev–Trinajstić information content (AvgIpc) is 2.74. The van der Waals surface area contributed by atoms with Crippen LogP contribution in [-0.4, -0.2) is 9.55 Å². The molecule has 0 amide bonds. The molecule has 7 heteroatoms. The second kappa shape index (κ2) is 7.08. The number of hydrogen-bond acceptors (Lipinski definition) is 1. The lowest BCUT2D eigenvalue weighted by Crippen LogP contribution is -2.02. The third-order valence-electron chi connectivity index (χ3n) is 2.09. The maximum absolute atomic E-state index is 12.4. The molecule has 0 aliphatic carbocycles. The molecule has 0 aromatic carbocycles. The highest BCUT2D eigenvalue weighted by atomic mass is 35.6. The first-order chi connectivity index (χ1) is 8.82. The van der Waals surface area contributed by atoms with Gasteiger partial charge in [-0.05, 0) is 12.1 Å². The molecule has 19 heavy (non-hydrogen) atoms. The first-order valence-electron chi connectivity index (χ1n) is 5.18. The van der Waals surface area contributed by atoms with Gasteiger partial charge < -0.3 is 4.57 Å². The van der Waals surface area contributed by atoms with Crippen molar-refractivity contribution in [2.45, 2.75) is 10.2 Å². The molecular weight excluding hydrogens is 317 g/mol. The molecule has 2 rings (SSSR count). The molecule has 0 N–H and O–H groups in total. The van der Waals surface area contributed by atoms with E-state index in [1.807, 2.05) is 18.2 Å². The number of halogens is 5. The molecule has 2 heterocycles. The number of pyridine rings is 1. The van der Waals surface area contributed by atoms with E-state index in [0.717, 1.165) is 0 Å². The van der Waals surface area contributed by atoms with Crippen molar-refractivity contribution in [1.29, 1.82) is 0 Å². The van der Waals surface area contributed by atoms with Gasteiger partial charge in [-0.2, -0.15) is 0 Å². The van der Waals surface area contributed by atoms with Crippen molar-refractivity contribution in [3.05, 3.63) is 54.1 Å². The number of aromatic nitrogens is 2. The number of rotatable bonds is 1. The molecule has 104 valence electrons. The van der Waals surface area contributed by atoms with Crippen LogP contribution in [-0.2, 0) is 10.8 Å². The van der Waals surface area contributed by atoms with Crippen molar-refractivity contribution in [3.8, 4) is 0 Å². The third kappa shape index (κ3) is 5.35. The molecule has 0 bridgehead atoms. The van der Waals surface area contributed by atoms with Crippen molar-refractivity contribution in [2.24, 2.45) is 7.05 Å². The van der Waals surface area contributed by atoms with Crippen molar-refractivity contribution >= 4 is 34.8 Å². The van der Waals surface area contributed by atoms with Gasteiger partial charge in [0.1, 0.15) is 0 Å². The van der Waals surface area contributed by atoms with Gasteiger partial charge in [-0.3, -0.25) is 4.98 Å². The Balaban J connectivity index is 0.000000250. The summed E-state index contributed by atoms with van der Waals surface area (Å²) < 4.78 is 24.4. The molecule has 0 aliphatic heterocycles. The highest BCUT2D eigenvalue weighted by Crippen LogP contribution is 2.42. The Kier molecular flexibility index (Phi) is 6.04. The van der Waals surface area contributed by atoms with Crippen LogP contribution in [0.3, 0.4) is 0 Å². The Hall–Kier alpha value is -0.840. The lowest BCUT2D eigenvalue weighted by atomic mass is 10.2. The zero-order valence-corrected chi connectivity index (χ0v) is 12.2. The van der Waals surface area contributed by atoms with Crippen LogP contribution in [0.4, 0.5) is 8.78 Å². The van der Waals surface area contributed by atoms with E-state index in [1.54, 1.807) is 19.4 Å². The lowest BCUT2D eigenvalue weighted by Gasteiger charge is -2.10. The Morgan fingerprint density at radius 2 is 1.68 bits per heavy atom. The number of hydrogen-bond donors (Lipinski definition) is 0. The average molecular weight is 328 g/mol. The maximum atomic E-state index is 12.4. The molecule has 0 atom stereocenters. The molecule has 2 aromatic rings. The molecule has 2 nitrogen and oxygen atoms in total. The summed E-state index contributed by atoms with van der Waals surface area (Å²) in [6.07, 6.45) is 3.47. The number of nitrogens with zero attached hydrogens (tertiary/aromatic N) is 2. The molecule has 2 aromatic heterocycles. The van der Waals surface area contributed by atoms with Gasteiger partial charge in [-0.15, -0.1) is 0 Å². The van der Waals surface area contributed by atoms with Gasteiger partial charge in [0, 0.05) is 43.0 Å². The molecule has 0 radical (unpaired) electrons. The highest BCUT2D eigenvalue weighted by Gasteiger charge is 2.30. The number of alkyl halides is 5. The van der Waals surface area contributed by atoms with E-state index in [-0.39, 0.29) is 11.1 Å². The first-order valence-corrected chi connectivity index (χ1v) is 6.32. The van der Waals surface area contributed by atoms with Crippen molar-refractivity contribution in [3.63, 3.8) is 0 Å². The van der Waals surface area contributed by atoms with Crippen LogP contribution in [0, 0.1) is 0 Å². The van der Waals surface area contributed by atoms with Gasteiger partial charge in [0.15, 0.2) is 0 Å². The van der Waals surface area contributed by atoms with Crippen molar-refractivity contribution in [2.75, 3.05) is 0 Å². The molecule has 0 spiro atoms. The summed E-state index contributed by atoms with van der Waals surface area (Å²) >= 11 is 16.5.